The van der Waals surface area contributed by atoms with Crippen molar-refractivity contribution in [1.29, 1.82) is 0 Å². The van der Waals surface area contributed by atoms with Gasteiger partial charge in [-0.3, -0.25) is 0 Å². The van der Waals surface area contributed by atoms with E-state index in [-0.39, 0.29) is 11.6 Å². The second kappa shape index (κ2) is 5.40. The van der Waals surface area contributed by atoms with Crippen molar-refractivity contribution in [3.63, 3.8) is 0 Å². The largest absolute Gasteiger partial charge is 0.486 e. The summed E-state index contributed by atoms with van der Waals surface area (Å²) >= 11 is 0. The van der Waals surface area contributed by atoms with E-state index in [4.69, 9.17) is 4.74 Å². The van der Waals surface area contributed by atoms with Crippen molar-refractivity contribution in [2.75, 3.05) is 13.7 Å². The van der Waals surface area contributed by atoms with Crippen molar-refractivity contribution in [1.82, 2.24) is 5.32 Å². The highest BCUT2D eigenvalue weighted by Crippen LogP contribution is 2.18. The molecule has 1 rings (SSSR count). The molecular weight excluding hydrogens is 181 g/mol. The molecule has 0 saturated carbocycles. The number of nitrogens with one attached hydrogen (secondary N) is 1. The van der Waals surface area contributed by atoms with Crippen LogP contribution in [-0.2, 0) is 6.54 Å². The SMILES string of the molecule is C=CCOc1ccc(CNC)cc1F. The smallest absolute Gasteiger partial charge is 0.165 e. The molecule has 1 aromatic carbocycles. The second-order valence-corrected chi connectivity index (χ2v) is 2.89. The average molecular weight is 195 g/mol. The number of hydrogen-bond donors (Lipinski definition) is 1. The second-order valence-electron chi connectivity index (χ2n) is 2.89. The van der Waals surface area contributed by atoms with Gasteiger partial charge in [0.1, 0.15) is 6.61 Å². The summed E-state index contributed by atoms with van der Waals surface area (Å²) in [4.78, 5) is 0. The predicted octanol–water partition coefficient (Wildman–Crippen LogP) is 2.11. The van der Waals surface area contributed by atoms with Gasteiger partial charge < -0.3 is 10.1 Å². The van der Waals surface area contributed by atoms with Gasteiger partial charge in [-0.25, -0.2) is 4.39 Å². The number of halogens is 1. The summed E-state index contributed by atoms with van der Waals surface area (Å²) in [5.74, 6) is -0.0654. The normalized spacial score (nSPS) is 9.86. The summed E-state index contributed by atoms with van der Waals surface area (Å²) in [6.45, 7) is 4.47. The third-order valence-corrected chi connectivity index (χ3v) is 1.73. The van der Waals surface area contributed by atoms with Crippen LogP contribution in [0.1, 0.15) is 5.56 Å². The summed E-state index contributed by atoms with van der Waals surface area (Å²) in [5, 5.41) is 2.95. The van der Waals surface area contributed by atoms with Gasteiger partial charge in [0.2, 0.25) is 0 Å². The molecule has 0 heterocycles. The topological polar surface area (TPSA) is 21.3 Å². The van der Waals surface area contributed by atoms with E-state index in [9.17, 15) is 4.39 Å². The van der Waals surface area contributed by atoms with E-state index in [1.165, 1.54) is 6.07 Å². The van der Waals surface area contributed by atoms with Crippen LogP contribution in [0.5, 0.6) is 5.75 Å². The minimum absolute atomic E-state index is 0.268. The highest BCUT2D eigenvalue weighted by Gasteiger charge is 2.03. The number of hydrogen-bond acceptors (Lipinski definition) is 2. The molecule has 0 unspecified atom stereocenters. The van der Waals surface area contributed by atoms with Gasteiger partial charge in [-0.05, 0) is 24.7 Å². The molecule has 0 aliphatic heterocycles. The van der Waals surface area contributed by atoms with E-state index < -0.39 is 0 Å². The summed E-state index contributed by atoms with van der Waals surface area (Å²) < 4.78 is 18.4. The van der Waals surface area contributed by atoms with Crippen LogP contribution in [0, 0.1) is 5.82 Å². The van der Waals surface area contributed by atoms with Crippen LogP contribution in [0.3, 0.4) is 0 Å². The molecule has 0 atom stereocenters. The van der Waals surface area contributed by atoms with Crippen molar-refractivity contribution in [2.24, 2.45) is 0 Å². The molecule has 1 aromatic rings. The van der Waals surface area contributed by atoms with E-state index in [0.717, 1.165) is 5.56 Å². The van der Waals surface area contributed by atoms with E-state index in [1.807, 2.05) is 13.1 Å². The monoisotopic (exact) mass is 195 g/mol. The summed E-state index contributed by atoms with van der Waals surface area (Å²) in [6, 6.07) is 4.93. The Morgan fingerprint density at radius 2 is 2.36 bits per heavy atom. The van der Waals surface area contributed by atoms with Crippen molar-refractivity contribution in [3.05, 3.63) is 42.2 Å². The fraction of sp³-hybridized carbons (Fsp3) is 0.273. The van der Waals surface area contributed by atoms with Crippen molar-refractivity contribution >= 4 is 0 Å². The van der Waals surface area contributed by atoms with Crippen LogP contribution in [0.4, 0.5) is 4.39 Å². The molecule has 0 bridgehead atoms. The lowest BCUT2D eigenvalue weighted by Crippen LogP contribution is -2.05. The molecule has 0 aliphatic rings. The quantitative estimate of drug-likeness (QED) is 0.726. The zero-order valence-corrected chi connectivity index (χ0v) is 8.22. The van der Waals surface area contributed by atoms with E-state index >= 15 is 0 Å². The maximum Gasteiger partial charge on any atom is 0.165 e. The molecule has 14 heavy (non-hydrogen) atoms. The summed E-state index contributed by atoms with van der Waals surface area (Å²) in [5.41, 5.74) is 0.899. The molecule has 0 amide bonds. The first-order valence-corrected chi connectivity index (χ1v) is 4.44. The molecule has 1 N–H and O–H groups in total. The predicted molar refractivity (Wildman–Crippen MR) is 54.9 cm³/mol. The Morgan fingerprint density at radius 3 is 2.93 bits per heavy atom. The Morgan fingerprint density at radius 1 is 1.57 bits per heavy atom. The number of ether oxygens (including phenoxy) is 1. The van der Waals surface area contributed by atoms with Crippen LogP contribution in [0.2, 0.25) is 0 Å². The van der Waals surface area contributed by atoms with E-state index in [2.05, 4.69) is 11.9 Å². The molecule has 76 valence electrons. The minimum Gasteiger partial charge on any atom is -0.486 e. The van der Waals surface area contributed by atoms with Crippen molar-refractivity contribution < 1.29 is 9.13 Å². The average Bonchev–Trinajstić information content (AvgIpc) is 2.17. The Hall–Kier alpha value is -1.35. The number of rotatable bonds is 5. The molecule has 0 fully saturated rings. The minimum atomic E-state index is -0.334. The van der Waals surface area contributed by atoms with Gasteiger partial charge in [0.15, 0.2) is 11.6 Å². The Kier molecular flexibility index (Phi) is 4.13. The third-order valence-electron chi connectivity index (χ3n) is 1.73. The van der Waals surface area contributed by atoms with Gasteiger partial charge in [-0.15, -0.1) is 0 Å². The number of benzene rings is 1. The van der Waals surface area contributed by atoms with Gasteiger partial charge in [0.25, 0.3) is 0 Å². The van der Waals surface area contributed by atoms with Crippen LogP contribution >= 0.6 is 0 Å². The van der Waals surface area contributed by atoms with Gasteiger partial charge in [0, 0.05) is 6.54 Å². The Bertz CT molecular complexity index is 312. The fourth-order valence-corrected chi connectivity index (χ4v) is 1.12. The lowest BCUT2D eigenvalue weighted by atomic mass is 10.2. The Balaban J connectivity index is 2.73. The van der Waals surface area contributed by atoms with Crippen LogP contribution in [0.15, 0.2) is 30.9 Å². The lowest BCUT2D eigenvalue weighted by Gasteiger charge is -2.06. The third kappa shape index (κ3) is 2.85. The highest BCUT2D eigenvalue weighted by molar-refractivity contribution is 5.29. The molecule has 0 radical (unpaired) electrons. The molecular formula is C11H14FNO. The van der Waals surface area contributed by atoms with Gasteiger partial charge >= 0.3 is 0 Å². The van der Waals surface area contributed by atoms with E-state index in [1.54, 1.807) is 12.1 Å². The van der Waals surface area contributed by atoms with Gasteiger partial charge in [-0.2, -0.15) is 0 Å². The van der Waals surface area contributed by atoms with Crippen LogP contribution in [0.25, 0.3) is 0 Å². The Labute approximate surface area is 83.4 Å². The molecule has 0 aromatic heterocycles. The highest BCUT2D eigenvalue weighted by atomic mass is 19.1. The standard InChI is InChI=1S/C11H14FNO/c1-3-6-14-11-5-4-9(8-13-2)7-10(11)12/h3-5,7,13H,1,6,8H2,2H3. The van der Waals surface area contributed by atoms with E-state index in [0.29, 0.717) is 13.2 Å². The zero-order chi connectivity index (χ0) is 10.4. The first-order chi connectivity index (χ1) is 6.77. The summed E-state index contributed by atoms with van der Waals surface area (Å²) in [6.07, 6.45) is 1.58. The molecule has 2 nitrogen and oxygen atoms in total. The molecule has 3 heteroatoms. The summed E-state index contributed by atoms with van der Waals surface area (Å²) in [7, 11) is 1.82. The zero-order valence-electron chi connectivity index (χ0n) is 8.22. The van der Waals surface area contributed by atoms with Crippen LogP contribution in [-0.4, -0.2) is 13.7 Å². The first kappa shape index (κ1) is 10.7. The molecule has 0 aliphatic carbocycles. The molecule has 0 saturated heterocycles. The van der Waals surface area contributed by atoms with Gasteiger partial charge in [0.05, 0.1) is 0 Å². The first-order valence-electron chi connectivity index (χ1n) is 4.44. The lowest BCUT2D eigenvalue weighted by molar-refractivity contribution is 0.341. The van der Waals surface area contributed by atoms with Crippen molar-refractivity contribution in [3.8, 4) is 5.75 Å². The molecule has 0 spiro atoms. The maximum atomic E-state index is 13.3. The van der Waals surface area contributed by atoms with Crippen molar-refractivity contribution in [2.45, 2.75) is 6.54 Å². The fourth-order valence-electron chi connectivity index (χ4n) is 1.12. The van der Waals surface area contributed by atoms with Gasteiger partial charge in [-0.1, -0.05) is 18.7 Å². The maximum absolute atomic E-state index is 13.3. The van der Waals surface area contributed by atoms with Crippen LogP contribution < -0.4 is 10.1 Å².